The van der Waals surface area contributed by atoms with Gasteiger partial charge in [0.1, 0.15) is 5.03 Å². The van der Waals surface area contributed by atoms with E-state index in [0.29, 0.717) is 30.1 Å². The number of carboxylic acid groups (broad SMARTS) is 1. The molecule has 1 aromatic heterocycles. The maximum absolute atomic E-state index is 11.0. The van der Waals surface area contributed by atoms with Crippen molar-refractivity contribution in [3.05, 3.63) is 36.2 Å². The highest BCUT2D eigenvalue weighted by Gasteiger charge is 2.33. The quantitative estimate of drug-likeness (QED) is 0.395. The van der Waals surface area contributed by atoms with Gasteiger partial charge in [0, 0.05) is 36.8 Å². The molecule has 7 heteroatoms. The van der Waals surface area contributed by atoms with Crippen LogP contribution in [-0.2, 0) is 11.3 Å². The first-order valence-corrected chi connectivity index (χ1v) is 13.0. The fourth-order valence-corrected chi connectivity index (χ4v) is 6.40. The lowest BCUT2D eigenvalue weighted by atomic mass is 9.73. The number of piperidine rings is 1. The van der Waals surface area contributed by atoms with Gasteiger partial charge < -0.3 is 10.4 Å². The lowest BCUT2D eigenvalue weighted by molar-refractivity contribution is -0.137. The number of hydrogen-bond acceptors (Lipinski definition) is 6. The Balaban J connectivity index is 1.41. The van der Waals surface area contributed by atoms with E-state index in [0.717, 1.165) is 55.4 Å². The molecule has 1 aromatic carbocycles. The topological polar surface area (TPSA) is 78.3 Å². The third-order valence-electron chi connectivity index (χ3n) is 7.00. The summed E-state index contributed by atoms with van der Waals surface area (Å²) in [5, 5.41) is 13.4. The molecule has 33 heavy (non-hydrogen) atoms. The first kappa shape index (κ1) is 24.0. The molecule has 2 aromatic rings. The van der Waals surface area contributed by atoms with Crippen molar-refractivity contribution < 1.29 is 9.90 Å². The van der Waals surface area contributed by atoms with E-state index in [-0.39, 0.29) is 0 Å². The molecular formula is C26H36N4O2S. The Morgan fingerprint density at radius 3 is 2.88 bits per heavy atom. The zero-order valence-corrected chi connectivity index (χ0v) is 20.8. The number of nitrogens with zero attached hydrogens (tertiary/aromatic N) is 3. The van der Waals surface area contributed by atoms with Gasteiger partial charge >= 0.3 is 5.97 Å². The van der Waals surface area contributed by atoms with Crippen molar-refractivity contribution in [2.75, 3.05) is 18.4 Å². The summed E-state index contributed by atoms with van der Waals surface area (Å²) < 4.78 is 0. The van der Waals surface area contributed by atoms with Crippen LogP contribution in [0.25, 0.3) is 0 Å². The third kappa shape index (κ3) is 6.27. The van der Waals surface area contributed by atoms with E-state index in [2.05, 4.69) is 59.2 Å². The predicted octanol–water partition coefficient (Wildman–Crippen LogP) is 6.06. The molecular weight excluding hydrogens is 432 g/mol. The van der Waals surface area contributed by atoms with Gasteiger partial charge in [0.2, 0.25) is 0 Å². The number of carboxylic acids is 1. The number of benzene rings is 1. The van der Waals surface area contributed by atoms with E-state index >= 15 is 0 Å². The predicted molar refractivity (Wildman–Crippen MR) is 133 cm³/mol. The van der Waals surface area contributed by atoms with Crippen LogP contribution in [0.2, 0.25) is 0 Å². The summed E-state index contributed by atoms with van der Waals surface area (Å²) in [5.74, 6) is 2.75. The van der Waals surface area contributed by atoms with Gasteiger partial charge in [-0.2, -0.15) is 0 Å². The van der Waals surface area contributed by atoms with Crippen LogP contribution >= 0.6 is 11.8 Å². The molecule has 3 unspecified atom stereocenters. The normalized spacial score (nSPS) is 21.2. The number of carbonyl (C=O) groups is 1. The summed E-state index contributed by atoms with van der Waals surface area (Å²) in [7, 11) is 0. The van der Waals surface area contributed by atoms with Crippen LogP contribution in [0, 0.1) is 23.7 Å². The number of fused-ring (bicyclic) bond motifs is 2. The Morgan fingerprint density at radius 2 is 2.09 bits per heavy atom. The third-order valence-corrected chi connectivity index (χ3v) is 8.07. The standard InChI is InChI=1S/C26H36N4O2S/c1-17(2)13-18(3)21-16-30(12-9-20(21)5-4-6-24(31)32)15-19-7-8-23-22(14-19)29-25-26(33-23)28-11-10-27-25/h7-8,10-11,14,17-18,20-21H,4-6,9,12-13,15-16H2,1-3H3,(H,27,29)(H,31,32). The van der Waals surface area contributed by atoms with Crippen LogP contribution in [0.4, 0.5) is 11.5 Å². The Bertz CT molecular complexity index is 967. The summed E-state index contributed by atoms with van der Waals surface area (Å²) in [5.41, 5.74) is 2.42. The van der Waals surface area contributed by atoms with Crippen LogP contribution in [-0.4, -0.2) is 39.0 Å². The second kappa shape index (κ2) is 10.9. The van der Waals surface area contributed by atoms with Gasteiger partial charge in [0.25, 0.3) is 0 Å². The van der Waals surface area contributed by atoms with E-state index in [1.165, 1.54) is 16.9 Å². The Morgan fingerprint density at radius 1 is 1.27 bits per heavy atom. The van der Waals surface area contributed by atoms with Crippen LogP contribution in [0.1, 0.15) is 58.4 Å². The molecule has 0 saturated carbocycles. The highest BCUT2D eigenvalue weighted by atomic mass is 32.2. The molecule has 6 nitrogen and oxygen atoms in total. The highest BCUT2D eigenvalue weighted by Crippen LogP contribution is 2.42. The number of nitrogens with one attached hydrogen (secondary N) is 1. The molecule has 3 atom stereocenters. The molecule has 1 fully saturated rings. The zero-order chi connectivity index (χ0) is 23.4. The average Bonchev–Trinajstić information content (AvgIpc) is 2.77. The van der Waals surface area contributed by atoms with Gasteiger partial charge in [-0.1, -0.05) is 38.6 Å². The Kier molecular flexibility index (Phi) is 7.91. The molecule has 0 amide bonds. The van der Waals surface area contributed by atoms with Gasteiger partial charge in [-0.3, -0.25) is 9.69 Å². The van der Waals surface area contributed by atoms with Crippen molar-refractivity contribution in [2.45, 2.75) is 69.3 Å². The highest BCUT2D eigenvalue weighted by molar-refractivity contribution is 7.99. The van der Waals surface area contributed by atoms with Crippen LogP contribution < -0.4 is 5.32 Å². The van der Waals surface area contributed by atoms with E-state index in [4.69, 9.17) is 5.11 Å². The van der Waals surface area contributed by atoms with E-state index in [1.54, 1.807) is 24.2 Å². The van der Waals surface area contributed by atoms with Gasteiger partial charge in [0.15, 0.2) is 5.82 Å². The fourth-order valence-electron chi connectivity index (χ4n) is 5.52. The van der Waals surface area contributed by atoms with Crippen LogP contribution in [0.15, 0.2) is 40.5 Å². The van der Waals surface area contributed by atoms with Crippen LogP contribution in [0.3, 0.4) is 0 Å². The summed E-state index contributed by atoms with van der Waals surface area (Å²) in [6.07, 6.45) is 7.97. The first-order chi connectivity index (χ1) is 15.9. The van der Waals surface area contributed by atoms with Gasteiger partial charge in [0.05, 0.1) is 5.69 Å². The zero-order valence-electron chi connectivity index (χ0n) is 20.0. The van der Waals surface area contributed by atoms with Gasteiger partial charge in [-0.05, 0) is 73.6 Å². The van der Waals surface area contributed by atoms with E-state index < -0.39 is 5.97 Å². The van der Waals surface area contributed by atoms with Gasteiger partial charge in [-0.15, -0.1) is 0 Å². The molecule has 178 valence electrons. The van der Waals surface area contributed by atoms with Crippen molar-refractivity contribution in [1.82, 2.24) is 14.9 Å². The maximum atomic E-state index is 11.0. The van der Waals surface area contributed by atoms with Crippen molar-refractivity contribution in [3.8, 4) is 0 Å². The van der Waals surface area contributed by atoms with Crippen molar-refractivity contribution in [2.24, 2.45) is 23.7 Å². The number of anilines is 2. The molecule has 2 aliphatic heterocycles. The molecule has 1 saturated heterocycles. The molecule has 0 aliphatic carbocycles. The Labute approximate surface area is 201 Å². The van der Waals surface area contributed by atoms with Gasteiger partial charge in [-0.25, -0.2) is 9.97 Å². The summed E-state index contributed by atoms with van der Waals surface area (Å²) in [6.45, 7) is 10.1. The number of aromatic nitrogens is 2. The molecule has 0 bridgehead atoms. The number of aliphatic carboxylic acids is 1. The van der Waals surface area contributed by atoms with E-state index in [1.807, 2.05) is 0 Å². The SMILES string of the molecule is CC(C)CC(C)C1CN(Cc2ccc3c(c2)Nc2nccnc2S3)CCC1CCCC(=O)O. The Hall–Kier alpha value is -2.12. The molecule has 4 rings (SSSR count). The lowest BCUT2D eigenvalue weighted by Crippen LogP contribution is -2.43. The maximum Gasteiger partial charge on any atom is 0.303 e. The summed E-state index contributed by atoms with van der Waals surface area (Å²) >= 11 is 1.67. The molecule has 2 aliphatic rings. The lowest BCUT2D eigenvalue weighted by Gasteiger charge is -2.42. The fraction of sp³-hybridized carbons (Fsp3) is 0.577. The first-order valence-electron chi connectivity index (χ1n) is 12.2. The minimum absolute atomic E-state index is 0.291. The number of rotatable bonds is 9. The minimum atomic E-state index is -0.674. The molecule has 2 N–H and O–H groups in total. The molecule has 0 spiro atoms. The van der Waals surface area contributed by atoms with Crippen LogP contribution in [0.5, 0.6) is 0 Å². The summed E-state index contributed by atoms with van der Waals surface area (Å²) in [4.78, 5) is 23.6. The minimum Gasteiger partial charge on any atom is -0.481 e. The molecule has 3 heterocycles. The molecule has 0 radical (unpaired) electrons. The smallest absolute Gasteiger partial charge is 0.303 e. The summed E-state index contributed by atoms with van der Waals surface area (Å²) in [6, 6.07) is 6.68. The largest absolute Gasteiger partial charge is 0.481 e. The van der Waals surface area contributed by atoms with Crippen molar-refractivity contribution in [1.29, 1.82) is 0 Å². The monoisotopic (exact) mass is 468 g/mol. The number of likely N-dealkylation sites (tertiary alicyclic amines) is 1. The average molecular weight is 469 g/mol. The van der Waals surface area contributed by atoms with E-state index in [9.17, 15) is 4.79 Å². The van der Waals surface area contributed by atoms with Crippen molar-refractivity contribution in [3.63, 3.8) is 0 Å². The van der Waals surface area contributed by atoms with Crippen molar-refractivity contribution >= 4 is 29.2 Å². The number of hydrogen-bond donors (Lipinski definition) is 2. The second-order valence-electron chi connectivity index (χ2n) is 10.1. The second-order valence-corrected chi connectivity index (χ2v) is 11.1.